The first kappa shape index (κ1) is 22.3. The third-order valence-corrected chi connectivity index (χ3v) is 9.65. The van der Waals surface area contributed by atoms with Gasteiger partial charge in [-0.3, -0.25) is 0 Å². The Morgan fingerprint density at radius 1 is 0.621 bits per heavy atom. The molecule has 2 aromatic carbocycles. The molecule has 0 unspecified atom stereocenters. The van der Waals surface area contributed by atoms with Crippen LogP contribution in [0.2, 0.25) is 0 Å². The van der Waals surface area contributed by atoms with Crippen LogP contribution in [-0.4, -0.2) is 63.1 Å². The molecule has 29 heavy (non-hydrogen) atoms. The van der Waals surface area contributed by atoms with Crippen molar-refractivity contribution < 1.29 is 16.8 Å². The lowest BCUT2D eigenvalue weighted by atomic mass is 10.2. The molecular weight excluding hydrogens is 428 g/mol. The molecule has 6 nitrogen and oxygen atoms in total. The standard InChI is InChI=1S/C20H26N2O4S3/c1-17-3-7-19(8-4-17)28(23,24)21-11-12-22(14-16-27-15-13-21)29(25,26)20-9-5-18(2)6-10-20/h3-10H,11-16H2,1-2H3. The van der Waals surface area contributed by atoms with Crippen molar-refractivity contribution in [1.82, 2.24) is 8.61 Å². The Labute approximate surface area is 178 Å². The van der Waals surface area contributed by atoms with E-state index in [1.165, 1.54) is 8.61 Å². The first-order chi connectivity index (χ1) is 13.7. The molecule has 0 N–H and O–H groups in total. The van der Waals surface area contributed by atoms with E-state index in [0.717, 1.165) is 11.1 Å². The second-order valence-corrected chi connectivity index (χ2v) is 12.1. The largest absolute Gasteiger partial charge is 0.243 e. The minimum absolute atomic E-state index is 0.127. The van der Waals surface area contributed by atoms with E-state index in [4.69, 9.17) is 0 Å². The van der Waals surface area contributed by atoms with E-state index in [-0.39, 0.29) is 22.9 Å². The Morgan fingerprint density at radius 2 is 0.966 bits per heavy atom. The summed E-state index contributed by atoms with van der Waals surface area (Å²) < 4.78 is 55.1. The van der Waals surface area contributed by atoms with Crippen LogP contribution in [0.15, 0.2) is 58.3 Å². The normalized spacial score (nSPS) is 18.0. The fraction of sp³-hybridized carbons (Fsp3) is 0.400. The Bertz CT molecular complexity index is 949. The lowest BCUT2D eigenvalue weighted by Gasteiger charge is -2.25. The molecule has 0 saturated carbocycles. The summed E-state index contributed by atoms with van der Waals surface area (Å²) >= 11 is 1.57. The van der Waals surface area contributed by atoms with Crippen molar-refractivity contribution >= 4 is 31.8 Å². The van der Waals surface area contributed by atoms with Crippen LogP contribution < -0.4 is 0 Å². The van der Waals surface area contributed by atoms with Gasteiger partial charge in [-0.2, -0.15) is 20.4 Å². The number of thioether (sulfide) groups is 1. The molecular formula is C20H26N2O4S3. The van der Waals surface area contributed by atoms with Gasteiger partial charge in [-0.05, 0) is 38.1 Å². The number of hydrogen-bond donors (Lipinski definition) is 0. The van der Waals surface area contributed by atoms with Crippen molar-refractivity contribution in [2.45, 2.75) is 23.6 Å². The summed E-state index contributed by atoms with van der Waals surface area (Å²) in [6.45, 7) is 4.78. The zero-order valence-electron chi connectivity index (χ0n) is 16.6. The second kappa shape index (κ2) is 9.18. The highest BCUT2D eigenvalue weighted by Crippen LogP contribution is 2.21. The lowest BCUT2D eigenvalue weighted by molar-refractivity contribution is 0.365. The summed E-state index contributed by atoms with van der Waals surface area (Å²) in [6, 6.07) is 13.5. The predicted molar refractivity (Wildman–Crippen MR) is 117 cm³/mol. The van der Waals surface area contributed by atoms with E-state index in [0.29, 0.717) is 24.6 Å². The molecule has 0 radical (unpaired) electrons. The zero-order chi connectivity index (χ0) is 21.1. The van der Waals surface area contributed by atoms with Crippen LogP contribution in [0.3, 0.4) is 0 Å². The van der Waals surface area contributed by atoms with Gasteiger partial charge in [0.15, 0.2) is 0 Å². The molecule has 9 heteroatoms. The zero-order valence-corrected chi connectivity index (χ0v) is 19.1. The third-order valence-electron chi connectivity index (χ3n) is 4.89. The number of nitrogens with zero attached hydrogens (tertiary/aromatic N) is 2. The molecule has 1 aliphatic heterocycles. The summed E-state index contributed by atoms with van der Waals surface area (Å²) in [4.78, 5) is 0.473. The van der Waals surface area contributed by atoms with E-state index in [9.17, 15) is 16.8 Å². The van der Waals surface area contributed by atoms with Gasteiger partial charge in [0.25, 0.3) is 0 Å². The highest BCUT2D eigenvalue weighted by Gasteiger charge is 2.29. The molecule has 1 saturated heterocycles. The predicted octanol–water partition coefficient (Wildman–Crippen LogP) is 2.73. The van der Waals surface area contributed by atoms with Gasteiger partial charge in [0.05, 0.1) is 9.79 Å². The monoisotopic (exact) mass is 454 g/mol. The van der Waals surface area contributed by atoms with Crippen molar-refractivity contribution in [1.29, 1.82) is 0 Å². The van der Waals surface area contributed by atoms with Crippen molar-refractivity contribution in [3.05, 3.63) is 59.7 Å². The molecule has 158 valence electrons. The van der Waals surface area contributed by atoms with Crippen LogP contribution in [0.1, 0.15) is 11.1 Å². The molecule has 0 aliphatic carbocycles. The molecule has 3 rings (SSSR count). The number of rotatable bonds is 4. The van der Waals surface area contributed by atoms with Crippen molar-refractivity contribution in [3.8, 4) is 0 Å². The van der Waals surface area contributed by atoms with Crippen molar-refractivity contribution in [2.24, 2.45) is 0 Å². The van der Waals surface area contributed by atoms with Gasteiger partial charge in [-0.1, -0.05) is 35.4 Å². The number of hydrogen-bond acceptors (Lipinski definition) is 5. The Kier molecular flexibility index (Phi) is 7.06. The highest BCUT2D eigenvalue weighted by molar-refractivity contribution is 7.99. The molecule has 0 bridgehead atoms. The van der Waals surface area contributed by atoms with Crippen LogP contribution >= 0.6 is 11.8 Å². The van der Waals surface area contributed by atoms with E-state index in [2.05, 4.69) is 0 Å². The summed E-state index contributed by atoms with van der Waals surface area (Å²) in [5.41, 5.74) is 1.97. The minimum atomic E-state index is -3.68. The number of aryl methyl sites for hydroxylation is 2. The van der Waals surface area contributed by atoms with Crippen LogP contribution in [0.5, 0.6) is 0 Å². The van der Waals surface area contributed by atoms with Crippen LogP contribution in [-0.2, 0) is 20.0 Å². The maximum Gasteiger partial charge on any atom is 0.243 e. The fourth-order valence-electron chi connectivity index (χ4n) is 3.08. The summed E-state index contributed by atoms with van der Waals surface area (Å²) in [5, 5.41) is 0. The molecule has 1 aliphatic rings. The molecule has 1 fully saturated rings. The lowest BCUT2D eigenvalue weighted by Crippen LogP contribution is -2.41. The maximum atomic E-state index is 13.1. The first-order valence-electron chi connectivity index (χ1n) is 9.43. The average molecular weight is 455 g/mol. The van der Waals surface area contributed by atoms with Crippen LogP contribution in [0.4, 0.5) is 0 Å². The van der Waals surface area contributed by atoms with E-state index < -0.39 is 20.0 Å². The Hall–Kier alpha value is -1.39. The molecule has 0 spiro atoms. The van der Waals surface area contributed by atoms with Crippen molar-refractivity contribution in [3.63, 3.8) is 0 Å². The molecule has 1 heterocycles. The maximum absolute atomic E-state index is 13.1. The summed E-state index contributed by atoms with van der Waals surface area (Å²) in [7, 11) is -7.35. The van der Waals surface area contributed by atoms with E-state index >= 15 is 0 Å². The summed E-state index contributed by atoms with van der Waals surface area (Å²) in [6.07, 6.45) is 0. The highest BCUT2D eigenvalue weighted by atomic mass is 32.2. The van der Waals surface area contributed by atoms with Gasteiger partial charge in [0, 0.05) is 37.7 Å². The van der Waals surface area contributed by atoms with Gasteiger partial charge in [-0.25, -0.2) is 16.8 Å². The number of sulfonamides is 2. The topological polar surface area (TPSA) is 74.8 Å². The SMILES string of the molecule is Cc1ccc(S(=O)(=O)N2CCSCCN(S(=O)(=O)c3ccc(C)cc3)CC2)cc1. The van der Waals surface area contributed by atoms with Gasteiger partial charge >= 0.3 is 0 Å². The molecule has 0 aromatic heterocycles. The molecule has 2 aromatic rings. The molecule has 0 atom stereocenters. The van der Waals surface area contributed by atoms with E-state index in [1.807, 2.05) is 13.8 Å². The van der Waals surface area contributed by atoms with E-state index in [1.54, 1.807) is 60.3 Å². The van der Waals surface area contributed by atoms with Gasteiger partial charge < -0.3 is 0 Å². The van der Waals surface area contributed by atoms with Crippen molar-refractivity contribution in [2.75, 3.05) is 37.7 Å². The van der Waals surface area contributed by atoms with Gasteiger partial charge in [0.1, 0.15) is 0 Å². The van der Waals surface area contributed by atoms with Crippen LogP contribution in [0.25, 0.3) is 0 Å². The first-order valence-corrected chi connectivity index (χ1v) is 13.5. The number of benzene rings is 2. The van der Waals surface area contributed by atoms with Gasteiger partial charge in [-0.15, -0.1) is 0 Å². The smallest absolute Gasteiger partial charge is 0.207 e. The quantitative estimate of drug-likeness (QED) is 0.710. The summed E-state index contributed by atoms with van der Waals surface area (Å²) in [5.74, 6) is 1.26. The Balaban J connectivity index is 1.84. The third kappa shape index (κ3) is 5.21. The average Bonchev–Trinajstić information content (AvgIpc) is 2.81. The molecule has 0 amide bonds. The second-order valence-electron chi connectivity index (χ2n) is 7.05. The fourth-order valence-corrected chi connectivity index (χ4v) is 7.08. The Morgan fingerprint density at radius 3 is 1.31 bits per heavy atom. The van der Waals surface area contributed by atoms with Crippen LogP contribution in [0, 0.1) is 13.8 Å². The van der Waals surface area contributed by atoms with Gasteiger partial charge in [0.2, 0.25) is 20.0 Å². The minimum Gasteiger partial charge on any atom is -0.207 e.